The van der Waals surface area contributed by atoms with Crippen molar-refractivity contribution in [2.45, 2.75) is 77.0 Å². The molecule has 5 amide bonds. The summed E-state index contributed by atoms with van der Waals surface area (Å²) in [5.41, 5.74) is 6.41. The van der Waals surface area contributed by atoms with E-state index in [9.17, 15) is 24.0 Å². The second-order valence-electron chi connectivity index (χ2n) is 17.0. The van der Waals surface area contributed by atoms with Crippen LogP contribution in [0.25, 0.3) is 4.85 Å². The molecule has 6 aliphatic heterocycles. The number of fused-ring (bicyclic) bond motifs is 2. The van der Waals surface area contributed by atoms with Crippen LogP contribution in [0.1, 0.15) is 94.1 Å². The zero-order chi connectivity index (χ0) is 39.6. The summed E-state index contributed by atoms with van der Waals surface area (Å²) in [6.07, 6.45) is 5.41. The minimum atomic E-state index is -0.967. The van der Waals surface area contributed by atoms with Crippen LogP contribution in [0.3, 0.4) is 0 Å². The molecule has 9 rings (SSSR count). The Kier molecular flexibility index (Phi) is 9.56. The van der Waals surface area contributed by atoms with Gasteiger partial charge in [0.25, 0.3) is 17.7 Å². The van der Waals surface area contributed by atoms with Gasteiger partial charge in [0.05, 0.1) is 17.7 Å². The number of likely N-dealkylation sites (tertiary alicyclic amines) is 1. The van der Waals surface area contributed by atoms with Crippen molar-refractivity contribution in [2.75, 3.05) is 49.1 Å². The minimum absolute atomic E-state index is 0.0749. The molecular weight excluding hydrogens is 742 g/mol. The van der Waals surface area contributed by atoms with Gasteiger partial charge in [0.15, 0.2) is 0 Å². The summed E-state index contributed by atoms with van der Waals surface area (Å²) in [7, 11) is 0. The average molecular weight is 788 g/mol. The van der Waals surface area contributed by atoms with Crippen molar-refractivity contribution in [2.24, 2.45) is 11.3 Å². The lowest BCUT2D eigenvalue weighted by Gasteiger charge is -2.40. The maximum Gasteiger partial charge on any atom is 0.262 e. The van der Waals surface area contributed by atoms with E-state index in [4.69, 9.17) is 18.2 Å². The number of carbonyl (C=O) groups excluding carboxylic acids is 5. The van der Waals surface area contributed by atoms with Crippen LogP contribution in [-0.2, 0) is 22.7 Å². The summed E-state index contributed by atoms with van der Waals surface area (Å²) in [6, 6.07) is 17.0. The van der Waals surface area contributed by atoms with E-state index in [0.717, 1.165) is 91.2 Å². The predicted molar refractivity (Wildman–Crippen MR) is 215 cm³/mol. The molecule has 2 atom stereocenters. The predicted octanol–water partition coefficient (Wildman–Crippen LogP) is 6.05. The van der Waals surface area contributed by atoms with Crippen LogP contribution >= 0.6 is 11.6 Å². The molecule has 57 heavy (non-hydrogen) atoms. The number of halogens is 1. The fourth-order valence-electron chi connectivity index (χ4n) is 10.3. The SMILES string of the molecule is [C-]#[N+]c1ccc(N2CC3(CCN(c4ccc(C(=O)N5CCC(CN6Cc7cc8c(cc7C6)C(=O)N([C@H]6CCC(=O)NC6=O)C8=O)CC5)cc4)CC3)C[C@@H]2C)cc1Cl. The molecule has 6 heterocycles. The number of piperidine rings is 3. The van der Waals surface area contributed by atoms with E-state index in [1.807, 2.05) is 47.4 Å². The monoisotopic (exact) mass is 787 g/mol. The van der Waals surface area contributed by atoms with Crippen LogP contribution in [0.15, 0.2) is 54.6 Å². The fraction of sp³-hybridized carbons (Fsp3) is 0.455. The highest BCUT2D eigenvalue weighted by atomic mass is 35.5. The number of nitrogens with zero attached hydrogens (tertiary/aromatic N) is 6. The first-order valence-electron chi connectivity index (χ1n) is 20.2. The van der Waals surface area contributed by atoms with Crippen molar-refractivity contribution in [3.05, 3.63) is 98.9 Å². The summed E-state index contributed by atoms with van der Waals surface area (Å²) in [4.78, 5) is 78.0. The third kappa shape index (κ3) is 6.84. The number of nitrogens with one attached hydrogen (secondary N) is 1. The largest absolute Gasteiger partial charge is 0.371 e. The first-order valence-corrected chi connectivity index (χ1v) is 20.5. The van der Waals surface area contributed by atoms with Gasteiger partial charge in [-0.25, -0.2) is 4.85 Å². The Labute approximate surface area is 337 Å². The second kappa shape index (κ2) is 14.6. The Morgan fingerprint density at radius 3 is 2.14 bits per heavy atom. The quantitative estimate of drug-likeness (QED) is 0.237. The van der Waals surface area contributed by atoms with E-state index in [1.54, 1.807) is 0 Å². The summed E-state index contributed by atoms with van der Waals surface area (Å²) < 4.78 is 0. The molecule has 1 N–H and O–H groups in total. The Bertz CT molecular complexity index is 2180. The number of amides is 5. The van der Waals surface area contributed by atoms with Crippen molar-refractivity contribution in [3.8, 4) is 0 Å². The Balaban J connectivity index is 0.745. The molecule has 13 heteroatoms. The molecule has 0 bridgehead atoms. The lowest BCUT2D eigenvalue weighted by atomic mass is 9.76. The summed E-state index contributed by atoms with van der Waals surface area (Å²) in [5, 5.41) is 2.76. The normalized spacial score (nSPS) is 23.6. The fourth-order valence-corrected chi connectivity index (χ4v) is 10.5. The molecule has 0 unspecified atom stereocenters. The minimum Gasteiger partial charge on any atom is -0.371 e. The number of hydrogen-bond donors (Lipinski definition) is 1. The van der Waals surface area contributed by atoms with Gasteiger partial charge in [0, 0.05) is 86.8 Å². The van der Waals surface area contributed by atoms with E-state index in [2.05, 4.69) is 43.9 Å². The lowest BCUT2D eigenvalue weighted by Crippen LogP contribution is -2.54. The van der Waals surface area contributed by atoms with Crippen molar-refractivity contribution in [1.82, 2.24) is 20.0 Å². The standard InChI is InChI=1S/C44H46ClN7O5/c1-27-22-44(26-51(27)33-7-8-37(46-2)36(45)21-33)13-17-49(18-14-44)32-5-3-29(4-6-32)41(55)50-15-11-28(12-16-50)23-48-24-30-19-34-35(20-31(30)25-48)43(57)52(42(34)56)38-9-10-39(53)47-40(38)54/h3-8,19-21,27-28,38H,9-18,22-26H2,1H3,(H,47,53,54)/t27-,38-/m0/s1. The van der Waals surface area contributed by atoms with Gasteiger partial charge in [-0.1, -0.05) is 17.7 Å². The number of anilines is 2. The topological polar surface area (TPSA) is 118 Å². The van der Waals surface area contributed by atoms with Gasteiger partial charge in [0.2, 0.25) is 17.5 Å². The van der Waals surface area contributed by atoms with Gasteiger partial charge in [-0.2, -0.15) is 0 Å². The Morgan fingerprint density at radius 1 is 0.877 bits per heavy atom. The van der Waals surface area contributed by atoms with Gasteiger partial charge < -0.3 is 14.7 Å². The van der Waals surface area contributed by atoms with Crippen LogP contribution in [0, 0.1) is 17.9 Å². The van der Waals surface area contributed by atoms with Crippen molar-refractivity contribution >= 4 is 58.2 Å². The highest BCUT2D eigenvalue weighted by Gasteiger charge is 2.46. The molecule has 294 valence electrons. The molecule has 0 aliphatic carbocycles. The maximum atomic E-state index is 13.6. The van der Waals surface area contributed by atoms with Gasteiger partial charge in [-0.15, -0.1) is 0 Å². The van der Waals surface area contributed by atoms with Crippen LogP contribution in [0.4, 0.5) is 17.1 Å². The highest BCUT2D eigenvalue weighted by molar-refractivity contribution is 6.33. The van der Waals surface area contributed by atoms with Gasteiger partial charge in [-0.3, -0.25) is 39.1 Å². The molecule has 12 nitrogen and oxygen atoms in total. The zero-order valence-corrected chi connectivity index (χ0v) is 32.9. The zero-order valence-electron chi connectivity index (χ0n) is 32.1. The number of imide groups is 2. The molecule has 3 aromatic carbocycles. The second-order valence-corrected chi connectivity index (χ2v) is 17.4. The van der Waals surface area contributed by atoms with Crippen molar-refractivity contribution < 1.29 is 24.0 Å². The van der Waals surface area contributed by atoms with Gasteiger partial charge in [0.1, 0.15) is 6.04 Å². The van der Waals surface area contributed by atoms with Gasteiger partial charge in [-0.05, 0) is 116 Å². The molecule has 4 fully saturated rings. The van der Waals surface area contributed by atoms with Crippen molar-refractivity contribution in [1.29, 1.82) is 0 Å². The first-order chi connectivity index (χ1) is 27.5. The molecule has 0 radical (unpaired) electrons. The summed E-state index contributed by atoms with van der Waals surface area (Å²) in [5.74, 6) is -1.43. The number of hydrogen-bond acceptors (Lipinski definition) is 8. The van der Waals surface area contributed by atoms with Crippen molar-refractivity contribution in [3.63, 3.8) is 0 Å². The van der Waals surface area contributed by atoms with Crippen LogP contribution in [-0.4, -0.2) is 95.6 Å². The van der Waals surface area contributed by atoms with E-state index < -0.39 is 23.8 Å². The first kappa shape index (κ1) is 37.3. The number of benzene rings is 3. The van der Waals surface area contributed by atoms with E-state index in [-0.39, 0.29) is 30.1 Å². The third-order valence-electron chi connectivity index (χ3n) is 13.4. The third-order valence-corrected chi connectivity index (χ3v) is 13.7. The highest BCUT2D eigenvalue weighted by Crippen LogP contribution is 2.46. The smallest absolute Gasteiger partial charge is 0.262 e. The Hall–Kier alpha value is -5.25. The number of rotatable bonds is 6. The molecule has 1 spiro atoms. The van der Waals surface area contributed by atoms with Crippen LogP contribution in [0.5, 0.6) is 0 Å². The van der Waals surface area contributed by atoms with E-state index in [0.29, 0.717) is 60.0 Å². The molecule has 6 aliphatic rings. The van der Waals surface area contributed by atoms with E-state index >= 15 is 0 Å². The molecule has 0 saturated carbocycles. The maximum absolute atomic E-state index is 13.6. The van der Waals surface area contributed by atoms with Crippen LogP contribution < -0.4 is 15.1 Å². The average Bonchev–Trinajstić information content (AvgIpc) is 3.84. The number of carbonyl (C=O) groups is 5. The summed E-state index contributed by atoms with van der Waals surface area (Å²) >= 11 is 6.38. The molecule has 4 saturated heterocycles. The molecular formula is C44H46ClN7O5. The van der Waals surface area contributed by atoms with Crippen LogP contribution in [0.2, 0.25) is 5.02 Å². The van der Waals surface area contributed by atoms with E-state index in [1.165, 1.54) is 0 Å². The summed E-state index contributed by atoms with van der Waals surface area (Å²) in [6.45, 7) is 16.2. The lowest BCUT2D eigenvalue weighted by molar-refractivity contribution is -0.136. The Morgan fingerprint density at radius 2 is 1.53 bits per heavy atom. The van der Waals surface area contributed by atoms with Gasteiger partial charge >= 0.3 is 0 Å². The molecule has 0 aromatic heterocycles. The molecule has 3 aromatic rings.